The van der Waals surface area contributed by atoms with Crippen LogP contribution in [0.4, 0.5) is 0 Å². The normalized spacial score (nSPS) is 11.4. The third kappa shape index (κ3) is 5.33. The standard InChI is InChI=1S/C17H27ClN2O/c1-4-7-12-19-16(21)13-20-17(5-2,6-3)14-8-10-15(18)11-9-14/h8-11,20H,4-7,12-13H2,1-3H3,(H,19,21). The molecule has 0 heterocycles. The quantitative estimate of drug-likeness (QED) is 0.680. The Morgan fingerprint density at radius 3 is 2.29 bits per heavy atom. The molecule has 0 fully saturated rings. The van der Waals surface area contributed by atoms with E-state index in [0.29, 0.717) is 6.54 Å². The SMILES string of the molecule is CCCCNC(=O)CNC(CC)(CC)c1ccc(Cl)cc1. The molecule has 3 nitrogen and oxygen atoms in total. The van der Waals surface area contributed by atoms with Crippen LogP contribution in [-0.4, -0.2) is 19.0 Å². The molecule has 0 spiro atoms. The van der Waals surface area contributed by atoms with Crippen LogP contribution in [0.2, 0.25) is 5.02 Å². The van der Waals surface area contributed by atoms with Crippen molar-refractivity contribution in [3.8, 4) is 0 Å². The number of amides is 1. The molecule has 0 radical (unpaired) electrons. The molecule has 1 amide bonds. The summed E-state index contributed by atoms with van der Waals surface area (Å²) >= 11 is 5.96. The minimum absolute atomic E-state index is 0.0590. The van der Waals surface area contributed by atoms with Crippen LogP contribution in [0.5, 0.6) is 0 Å². The van der Waals surface area contributed by atoms with Gasteiger partial charge in [0.05, 0.1) is 6.54 Å². The van der Waals surface area contributed by atoms with Crippen molar-refractivity contribution < 1.29 is 4.79 Å². The minimum atomic E-state index is -0.174. The topological polar surface area (TPSA) is 41.1 Å². The highest BCUT2D eigenvalue weighted by Gasteiger charge is 2.28. The molecule has 0 saturated carbocycles. The van der Waals surface area contributed by atoms with E-state index in [-0.39, 0.29) is 11.4 Å². The van der Waals surface area contributed by atoms with E-state index in [0.717, 1.165) is 37.3 Å². The Labute approximate surface area is 133 Å². The molecule has 21 heavy (non-hydrogen) atoms. The molecule has 118 valence electrons. The summed E-state index contributed by atoms with van der Waals surface area (Å²) in [5.74, 6) is 0.0590. The second kappa shape index (κ2) is 9.06. The molecule has 1 aromatic rings. The lowest BCUT2D eigenvalue weighted by atomic mass is 9.84. The summed E-state index contributed by atoms with van der Waals surface area (Å²) < 4.78 is 0. The molecule has 0 aliphatic heterocycles. The van der Waals surface area contributed by atoms with Crippen LogP contribution < -0.4 is 10.6 Å². The van der Waals surface area contributed by atoms with Crippen LogP contribution in [0.25, 0.3) is 0 Å². The molecule has 0 aromatic heterocycles. The van der Waals surface area contributed by atoms with Gasteiger partial charge in [0.25, 0.3) is 0 Å². The first-order valence-electron chi connectivity index (χ1n) is 7.85. The van der Waals surface area contributed by atoms with Gasteiger partial charge in [0.1, 0.15) is 0 Å². The average molecular weight is 311 g/mol. The molecule has 0 atom stereocenters. The first-order valence-corrected chi connectivity index (χ1v) is 8.23. The van der Waals surface area contributed by atoms with Crippen molar-refractivity contribution in [2.24, 2.45) is 0 Å². The van der Waals surface area contributed by atoms with Crippen molar-refractivity contribution in [2.45, 2.75) is 52.0 Å². The first-order chi connectivity index (χ1) is 10.1. The Kier molecular flexibility index (Phi) is 7.76. The molecule has 0 bridgehead atoms. The number of unbranched alkanes of at least 4 members (excludes halogenated alkanes) is 1. The molecule has 4 heteroatoms. The van der Waals surface area contributed by atoms with E-state index in [4.69, 9.17) is 11.6 Å². The molecule has 0 aliphatic carbocycles. The van der Waals surface area contributed by atoms with Crippen LogP contribution in [0.1, 0.15) is 52.0 Å². The fraction of sp³-hybridized carbons (Fsp3) is 0.588. The van der Waals surface area contributed by atoms with Gasteiger partial charge in [0, 0.05) is 17.1 Å². The molecule has 0 saturated heterocycles. The van der Waals surface area contributed by atoms with Crippen molar-refractivity contribution in [1.29, 1.82) is 0 Å². The Morgan fingerprint density at radius 1 is 1.14 bits per heavy atom. The van der Waals surface area contributed by atoms with Gasteiger partial charge < -0.3 is 5.32 Å². The monoisotopic (exact) mass is 310 g/mol. The summed E-state index contributed by atoms with van der Waals surface area (Å²) in [6.45, 7) is 7.49. The number of carbonyl (C=O) groups excluding carboxylic acids is 1. The number of rotatable bonds is 9. The predicted octanol–water partition coefficient (Wildman–Crippen LogP) is 3.86. The highest BCUT2D eigenvalue weighted by atomic mass is 35.5. The minimum Gasteiger partial charge on any atom is -0.355 e. The third-order valence-corrected chi connectivity index (χ3v) is 4.30. The Balaban J connectivity index is 2.68. The van der Waals surface area contributed by atoms with Gasteiger partial charge in [-0.05, 0) is 37.0 Å². The molecular weight excluding hydrogens is 284 g/mol. The van der Waals surface area contributed by atoms with E-state index in [9.17, 15) is 4.79 Å². The van der Waals surface area contributed by atoms with E-state index in [2.05, 4.69) is 31.4 Å². The summed E-state index contributed by atoms with van der Waals surface area (Å²) in [5.41, 5.74) is 1.01. The van der Waals surface area contributed by atoms with Gasteiger partial charge >= 0.3 is 0 Å². The lowest BCUT2D eigenvalue weighted by Crippen LogP contribution is -2.46. The summed E-state index contributed by atoms with van der Waals surface area (Å²) in [6.07, 6.45) is 3.96. The Bertz CT molecular complexity index is 427. The number of hydrogen-bond donors (Lipinski definition) is 2. The van der Waals surface area contributed by atoms with E-state index >= 15 is 0 Å². The smallest absolute Gasteiger partial charge is 0.233 e. The van der Waals surface area contributed by atoms with Gasteiger partial charge in [-0.2, -0.15) is 0 Å². The van der Waals surface area contributed by atoms with Gasteiger partial charge in [-0.3, -0.25) is 10.1 Å². The Hall–Kier alpha value is -1.06. The molecule has 0 unspecified atom stereocenters. The maximum absolute atomic E-state index is 11.9. The van der Waals surface area contributed by atoms with Crippen molar-refractivity contribution in [3.05, 3.63) is 34.9 Å². The summed E-state index contributed by atoms with van der Waals surface area (Å²) in [7, 11) is 0. The molecular formula is C17H27ClN2O. The summed E-state index contributed by atoms with van der Waals surface area (Å²) in [6, 6.07) is 7.88. The summed E-state index contributed by atoms with van der Waals surface area (Å²) in [4.78, 5) is 11.9. The highest BCUT2D eigenvalue weighted by molar-refractivity contribution is 6.30. The number of hydrogen-bond acceptors (Lipinski definition) is 2. The van der Waals surface area contributed by atoms with Gasteiger partial charge in [0.2, 0.25) is 5.91 Å². The zero-order chi connectivity index (χ0) is 15.7. The van der Waals surface area contributed by atoms with Crippen molar-refractivity contribution >= 4 is 17.5 Å². The lowest BCUT2D eigenvalue weighted by Gasteiger charge is -2.33. The fourth-order valence-corrected chi connectivity index (χ4v) is 2.62. The number of benzene rings is 1. The number of halogens is 1. The molecule has 0 aliphatic rings. The van der Waals surface area contributed by atoms with Crippen molar-refractivity contribution in [2.75, 3.05) is 13.1 Å². The zero-order valence-corrected chi connectivity index (χ0v) is 14.1. The van der Waals surface area contributed by atoms with Gasteiger partial charge in [-0.25, -0.2) is 0 Å². The predicted molar refractivity (Wildman–Crippen MR) is 89.6 cm³/mol. The fourth-order valence-electron chi connectivity index (χ4n) is 2.50. The second-order valence-corrected chi connectivity index (χ2v) is 5.79. The van der Waals surface area contributed by atoms with E-state index in [1.54, 1.807) is 0 Å². The number of carbonyl (C=O) groups is 1. The Morgan fingerprint density at radius 2 is 1.76 bits per heavy atom. The van der Waals surface area contributed by atoms with Gasteiger partial charge in [-0.15, -0.1) is 0 Å². The van der Waals surface area contributed by atoms with Crippen LogP contribution in [0, 0.1) is 0 Å². The first kappa shape index (κ1) is 18.0. The zero-order valence-electron chi connectivity index (χ0n) is 13.3. The molecule has 1 rings (SSSR count). The van der Waals surface area contributed by atoms with Crippen molar-refractivity contribution in [1.82, 2.24) is 10.6 Å². The van der Waals surface area contributed by atoms with Gasteiger partial charge in [0.15, 0.2) is 0 Å². The van der Waals surface area contributed by atoms with Crippen molar-refractivity contribution in [3.63, 3.8) is 0 Å². The maximum atomic E-state index is 11.9. The molecule has 1 aromatic carbocycles. The number of nitrogens with one attached hydrogen (secondary N) is 2. The third-order valence-electron chi connectivity index (χ3n) is 4.04. The van der Waals surface area contributed by atoms with E-state index < -0.39 is 0 Å². The van der Waals surface area contributed by atoms with Crippen LogP contribution in [0.15, 0.2) is 24.3 Å². The van der Waals surface area contributed by atoms with Gasteiger partial charge in [-0.1, -0.05) is 50.9 Å². The van der Waals surface area contributed by atoms with Crippen LogP contribution >= 0.6 is 11.6 Å². The lowest BCUT2D eigenvalue weighted by molar-refractivity contribution is -0.120. The van der Waals surface area contributed by atoms with Crippen LogP contribution in [0.3, 0.4) is 0 Å². The van der Waals surface area contributed by atoms with E-state index in [1.165, 1.54) is 5.56 Å². The maximum Gasteiger partial charge on any atom is 0.233 e. The largest absolute Gasteiger partial charge is 0.355 e. The average Bonchev–Trinajstić information content (AvgIpc) is 2.50. The second-order valence-electron chi connectivity index (χ2n) is 5.35. The summed E-state index contributed by atoms with van der Waals surface area (Å²) in [5, 5.41) is 7.12. The molecule has 2 N–H and O–H groups in total. The highest BCUT2D eigenvalue weighted by Crippen LogP contribution is 2.29. The van der Waals surface area contributed by atoms with E-state index in [1.807, 2.05) is 24.3 Å². The van der Waals surface area contributed by atoms with Crippen LogP contribution in [-0.2, 0) is 10.3 Å².